The molecular formula is C11H12N2O2S. The van der Waals surface area contributed by atoms with E-state index in [9.17, 15) is 5.11 Å². The third-order valence-electron chi connectivity index (χ3n) is 2.32. The molecule has 0 aliphatic heterocycles. The topological polar surface area (TPSA) is 79.4 Å². The highest BCUT2D eigenvalue weighted by Crippen LogP contribution is 2.27. The summed E-state index contributed by atoms with van der Waals surface area (Å²) < 4.78 is 0. The molecule has 1 heterocycles. The van der Waals surface area contributed by atoms with Crippen molar-refractivity contribution in [2.24, 2.45) is 0 Å². The quantitative estimate of drug-likeness (QED) is 0.752. The van der Waals surface area contributed by atoms with Crippen molar-refractivity contribution in [2.75, 3.05) is 5.73 Å². The Bertz CT molecular complexity index is 496. The van der Waals surface area contributed by atoms with Crippen LogP contribution in [-0.4, -0.2) is 15.2 Å². The largest absolute Gasteiger partial charge is 0.392 e. The molecule has 5 heteroatoms. The van der Waals surface area contributed by atoms with Crippen molar-refractivity contribution in [3.8, 4) is 11.3 Å². The molecule has 0 atom stereocenters. The predicted molar refractivity (Wildman–Crippen MR) is 63.8 cm³/mol. The minimum Gasteiger partial charge on any atom is -0.392 e. The number of rotatable bonds is 3. The van der Waals surface area contributed by atoms with Crippen molar-refractivity contribution in [3.05, 3.63) is 34.7 Å². The maximum absolute atomic E-state index is 9.27. The first-order valence-corrected chi connectivity index (χ1v) is 5.67. The van der Waals surface area contributed by atoms with Gasteiger partial charge in [-0.25, -0.2) is 4.98 Å². The van der Waals surface area contributed by atoms with Crippen LogP contribution in [-0.2, 0) is 13.2 Å². The Hall–Kier alpha value is -1.43. The molecule has 0 amide bonds. The third kappa shape index (κ3) is 2.06. The standard InChI is InChI=1S/C11H12N2O2S/c12-11-13-10(6-16-11)9-2-1-7(4-14)3-8(9)5-15/h1-3,6,14-15H,4-5H2,(H2,12,13). The van der Waals surface area contributed by atoms with Crippen LogP contribution in [0, 0.1) is 0 Å². The van der Waals surface area contributed by atoms with Crippen LogP contribution in [0.25, 0.3) is 11.3 Å². The van der Waals surface area contributed by atoms with Crippen molar-refractivity contribution in [1.29, 1.82) is 0 Å². The number of aliphatic hydroxyl groups is 2. The van der Waals surface area contributed by atoms with E-state index in [1.807, 2.05) is 17.5 Å². The van der Waals surface area contributed by atoms with Gasteiger partial charge in [-0.1, -0.05) is 18.2 Å². The number of hydrogen-bond donors (Lipinski definition) is 3. The first-order chi connectivity index (χ1) is 7.74. The first-order valence-electron chi connectivity index (χ1n) is 4.79. The van der Waals surface area contributed by atoms with E-state index in [1.165, 1.54) is 11.3 Å². The van der Waals surface area contributed by atoms with Crippen LogP contribution < -0.4 is 5.73 Å². The highest BCUT2D eigenvalue weighted by atomic mass is 32.1. The molecule has 0 spiro atoms. The van der Waals surface area contributed by atoms with E-state index in [4.69, 9.17) is 10.8 Å². The molecule has 0 aliphatic carbocycles. The van der Waals surface area contributed by atoms with Crippen molar-refractivity contribution in [2.45, 2.75) is 13.2 Å². The Balaban J connectivity index is 2.48. The molecule has 1 aromatic carbocycles. The van der Waals surface area contributed by atoms with Gasteiger partial charge in [0.2, 0.25) is 0 Å². The van der Waals surface area contributed by atoms with Gasteiger partial charge in [0, 0.05) is 10.9 Å². The van der Waals surface area contributed by atoms with Crippen LogP contribution in [0.1, 0.15) is 11.1 Å². The summed E-state index contributed by atoms with van der Waals surface area (Å²) in [4.78, 5) is 4.17. The lowest BCUT2D eigenvalue weighted by atomic mass is 10.0. The fourth-order valence-electron chi connectivity index (χ4n) is 1.54. The Morgan fingerprint density at radius 2 is 2.06 bits per heavy atom. The summed E-state index contributed by atoms with van der Waals surface area (Å²) in [6, 6.07) is 5.42. The Morgan fingerprint density at radius 3 is 2.62 bits per heavy atom. The van der Waals surface area contributed by atoms with Crippen molar-refractivity contribution < 1.29 is 10.2 Å². The van der Waals surface area contributed by atoms with Crippen molar-refractivity contribution in [1.82, 2.24) is 4.98 Å². The molecule has 0 bridgehead atoms. The van der Waals surface area contributed by atoms with Crippen molar-refractivity contribution in [3.63, 3.8) is 0 Å². The predicted octanol–water partition coefficient (Wildman–Crippen LogP) is 1.38. The van der Waals surface area contributed by atoms with E-state index in [0.717, 1.165) is 22.4 Å². The molecule has 0 saturated heterocycles. The fraction of sp³-hybridized carbons (Fsp3) is 0.182. The highest BCUT2D eigenvalue weighted by molar-refractivity contribution is 7.13. The summed E-state index contributed by atoms with van der Waals surface area (Å²) in [7, 11) is 0. The van der Waals surface area contributed by atoms with Gasteiger partial charge in [-0.15, -0.1) is 11.3 Å². The number of anilines is 1. The summed E-state index contributed by atoms with van der Waals surface area (Å²) >= 11 is 1.36. The van der Waals surface area contributed by atoms with Crippen LogP contribution >= 0.6 is 11.3 Å². The molecule has 2 aromatic rings. The fourth-order valence-corrected chi connectivity index (χ4v) is 2.10. The second-order valence-electron chi connectivity index (χ2n) is 3.38. The van der Waals surface area contributed by atoms with Gasteiger partial charge >= 0.3 is 0 Å². The Labute approximate surface area is 97.0 Å². The average molecular weight is 236 g/mol. The number of thiazole rings is 1. The van der Waals surface area contributed by atoms with E-state index in [-0.39, 0.29) is 13.2 Å². The summed E-state index contributed by atoms with van der Waals surface area (Å²) in [6.07, 6.45) is 0. The smallest absolute Gasteiger partial charge is 0.180 e. The summed E-state index contributed by atoms with van der Waals surface area (Å²) in [5.41, 5.74) is 8.70. The van der Waals surface area contributed by atoms with E-state index < -0.39 is 0 Å². The van der Waals surface area contributed by atoms with E-state index >= 15 is 0 Å². The number of nitrogens with zero attached hydrogens (tertiary/aromatic N) is 1. The Morgan fingerprint density at radius 1 is 1.25 bits per heavy atom. The number of benzene rings is 1. The number of nitrogen functional groups attached to an aromatic ring is 1. The van der Waals surface area contributed by atoms with Gasteiger partial charge in [0.25, 0.3) is 0 Å². The molecular weight excluding hydrogens is 224 g/mol. The number of hydrogen-bond acceptors (Lipinski definition) is 5. The van der Waals surface area contributed by atoms with Gasteiger partial charge in [0.1, 0.15) is 0 Å². The zero-order chi connectivity index (χ0) is 11.5. The number of nitrogens with two attached hydrogens (primary N) is 1. The minimum atomic E-state index is -0.0827. The van der Waals surface area contributed by atoms with Crippen LogP contribution in [0.3, 0.4) is 0 Å². The van der Waals surface area contributed by atoms with Crippen molar-refractivity contribution >= 4 is 16.5 Å². The summed E-state index contributed by atoms with van der Waals surface area (Å²) in [5, 5.41) is 20.6. The monoisotopic (exact) mass is 236 g/mol. The third-order valence-corrected chi connectivity index (χ3v) is 2.99. The van der Waals surface area contributed by atoms with Gasteiger partial charge in [-0.2, -0.15) is 0 Å². The van der Waals surface area contributed by atoms with E-state index in [2.05, 4.69) is 4.98 Å². The van der Waals surface area contributed by atoms with Gasteiger partial charge in [0.15, 0.2) is 5.13 Å². The molecule has 84 valence electrons. The molecule has 4 N–H and O–H groups in total. The van der Waals surface area contributed by atoms with Crippen LogP contribution in [0.15, 0.2) is 23.6 Å². The van der Waals surface area contributed by atoms with Gasteiger partial charge in [-0.3, -0.25) is 0 Å². The molecule has 0 unspecified atom stereocenters. The number of aromatic nitrogens is 1. The molecule has 1 aromatic heterocycles. The van der Waals surface area contributed by atoms with E-state index in [0.29, 0.717) is 5.13 Å². The lowest BCUT2D eigenvalue weighted by Crippen LogP contribution is -1.93. The van der Waals surface area contributed by atoms with Crippen LogP contribution in [0.4, 0.5) is 5.13 Å². The summed E-state index contributed by atoms with van der Waals surface area (Å²) in [5.74, 6) is 0. The molecule has 0 fully saturated rings. The van der Waals surface area contributed by atoms with Crippen LogP contribution in [0.2, 0.25) is 0 Å². The lowest BCUT2D eigenvalue weighted by Gasteiger charge is -2.06. The second kappa shape index (κ2) is 4.61. The lowest BCUT2D eigenvalue weighted by molar-refractivity contribution is 0.275. The zero-order valence-corrected chi connectivity index (χ0v) is 9.37. The maximum atomic E-state index is 9.27. The van der Waals surface area contributed by atoms with Crippen LogP contribution in [0.5, 0.6) is 0 Å². The normalized spacial score (nSPS) is 10.6. The second-order valence-corrected chi connectivity index (χ2v) is 4.27. The molecule has 2 rings (SSSR count). The van der Waals surface area contributed by atoms with Gasteiger partial charge in [-0.05, 0) is 11.1 Å². The molecule has 0 radical (unpaired) electrons. The molecule has 16 heavy (non-hydrogen) atoms. The molecule has 4 nitrogen and oxygen atoms in total. The number of aliphatic hydroxyl groups excluding tert-OH is 2. The maximum Gasteiger partial charge on any atom is 0.180 e. The first kappa shape index (κ1) is 11.1. The van der Waals surface area contributed by atoms with Gasteiger partial charge < -0.3 is 15.9 Å². The molecule has 0 aliphatic rings. The molecule has 0 saturated carbocycles. The summed E-state index contributed by atoms with van der Waals surface area (Å²) in [6.45, 7) is -0.118. The average Bonchev–Trinajstić information content (AvgIpc) is 2.74. The Kier molecular flexibility index (Phi) is 3.19. The zero-order valence-electron chi connectivity index (χ0n) is 8.55. The SMILES string of the molecule is Nc1nc(-c2ccc(CO)cc2CO)cs1. The highest BCUT2D eigenvalue weighted by Gasteiger charge is 2.08. The van der Waals surface area contributed by atoms with E-state index in [1.54, 1.807) is 6.07 Å². The van der Waals surface area contributed by atoms with Gasteiger partial charge in [0.05, 0.1) is 18.9 Å². The minimum absolute atomic E-state index is 0.0352.